The minimum absolute atomic E-state index is 0.176. The molecule has 30 heavy (non-hydrogen) atoms. The standard InChI is InChI=1S/C16H17F3N10O/c1-7-5-8(29-14(22-7)25-13(27-29)16(17,18)19)23-9(15(2,3)4)12-24-11(28-30-12)10-20-6-21-26-10/h5-6,9,23H,1-4H3,(H,20,21,26). The van der Waals surface area contributed by atoms with Crippen LogP contribution in [0.15, 0.2) is 16.9 Å². The Morgan fingerprint density at radius 2 is 1.93 bits per heavy atom. The first kappa shape index (κ1) is 19.7. The van der Waals surface area contributed by atoms with Crippen LogP contribution in [0.2, 0.25) is 0 Å². The number of aryl methyl sites for hydroxylation is 1. The largest absolute Gasteiger partial charge is 0.453 e. The van der Waals surface area contributed by atoms with Crippen LogP contribution in [-0.2, 0) is 6.18 Å². The van der Waals surface area contributed by atoms with Crippen LogP contribution in [0.25, 0.3) is 17.4 Å². The average molecular weight is 422 g/mol. The summed E-state index contributed by atoms with van der Waals surface area (Å²) in [5.41, 5.74) is -0.00558. The molecular formula is C16H17F3N10O. The molecule has 0 aliphatic heterocycles. The molecule has 0 saturated heterocycles. The van der Waals surface area contributed by atoms with Gasteiger partial charge >= 0.3 is 6.18 Å². The van der Waals surface area contributed by atoms with Crippen LogP contribution in [0.3, 0.4) is 0 Å². The number of H-pyrrole nitrogens is 1. The number of alkyl halides is 3. The minimum Gasteiger partial charge on any atom is -0.358 e. The Balaban J connectivity index is 1.76. The number of hydrogen-bond acceptors (Lipinski definition) is 9. The van der Waals surface area contributed by atoms with Gasteiger partial charge in [0.05, 0.1) is 0 Å². The lowest BCUT2D eigenvalue weighted by Gasteiger charge is -2.29. The molecule has 4 aromatic rings. The van der Waals surface area contributed by atoms with E-state index in [1.807, 2.05) is 20.8 Å². The number of anilines is 1. The van der Waals surface area contributed by atoms with Crippen molar-refractivity contribution in [3.05, 3.63) is 29.8 Å². The SMILES string of the molecule is Cc1cc(NC(c2nc(-c3ncn[nH]3)no2)C(C)(C)C)n2nc(C(F)(F)F)nc2n1. The third-order valence-electron chi connectivity index (χ3n) is 4.17. The number of hydrogen-bond donors (Lipinski definition) is 2. The van der Waals surface area contributed by atoms with E-state index in [0.717, 1.165) is 4.52 Å². The zero-order valence-electron chi connectivity index (χ0n) is 16.4. The zero-order valence-corrected chi connectivity index (χ0v) is 16.4. The van der Waals surface area contributed by atoms with Gasteiger partial charge in [0.1, 0.15) is 18.2 Å². The van der Waals surface area contributed by atoms with Gasteiger partial charge in [0.15, 0.2) is 5.82 Å². The van der Waals surface area contributed by atoms with Crippen LogP contribution >= 0.6 is 0 Å². The molecule has 0 aliphatic rings. The maximum atomic E-state index is 13.1. The summed E-state index contributed by atoms with van der Waals surface area (Å²) in [6.07, 6.45) is -3.38. The van der Waals surface area contributed by atoms with Crippen molar-refractivity contribution in [2.24, 2.45) is 5.41 Å². The molecule has 14 heteroatoms. The molecule has 11 nitrogen and oxygen atoms in total. The molecule has 0 aliphatic carbocycles. The Labute approximate surface area is 167 Å². The van der Waals surface area contributed by atoms with Gasteiger partial charge in [-0.15, -0.1) is 5.10 Å². The summed E-state index contributed by atoms with van der Waals surface area (Å²) < 4.78 is 45.6. The van der Waals surface area contributed by atoms with Crippen LogP contribution in [0.4, 0.5) is 19.0 Å². The van der Waals surface area contributed by atoms with Gasteiger partial charge < -0.3 is 9.84 Å². The maximum Gasteiger partial charge on any atom is 0.453 e. The van der Waals surface area contributed by atoms with E-state index in [-0.39, 0.29) is 23.3 Å². The van der Waals surface area contributed by atoms with Gasteiger partial charge in [-0.2, -0.15) is 32.8 Å². The fourth-order valence-electron chi connectivity index (χ4n) is 2.77. The van der Waals surface area contributed by atoms with Crippen molar-refractivity contribution in [3.8, 4) is 11.6 Å². The summed E-state index contributed by atoms with van der Waals surface area (Å²) >= 11 is 0. The van der Waals surface area contributed by atoms with E-state index in [2.05, 4.69) is 45.7 Å². The molecule has 0 bridgehead atoms. The third-order valence-corrected chi connectivity index (χ3v) is 4.17. The number of nitrogens with one attached hydrogen (secondary N) is 2. The highest BCUT2D eigenvalue weighted by Crippen LogP contribution is 2.36. The first-order valence-electron chi connectivity index (χ1n) is 8.80. The Kier molecular flexibility index (Phi) is 4.43. The number of rotatable bonds is 4. The quantitative estimate of drug-likeness (QED) is 0.509. The minimum atomic E-state index is -4.69. The predicted molar refractivity (Wildman–Crippen MR) is 96.0 cm³/mol. The van der Waals surface area contributed by atoms with Crippen molar-refractivity contribution in [2.75, 3.05) is 5.32 Å². The van der Waals surface area contributed by atoms with E-state index >= 15 is 0 Å². The van der Waals surface area contributed by atoms with E-state index in [1.165, 1.54) is 6.33 Å². The molecule has 1 unspecified atom stereocenters. The predicted octanol–water partition coefficient (Wildman–Crippen LogP) is 2.82. The van der Waals surface area contributed by atoms with E-state index in [9.17, 15) is 13.2 Å². The average Bonchev–Trinajstić information content (AvgIpc) is 3.36. The van der Waals surface area contributed by atoms with Crippen molar-refractivity contribution in [3.63, 3.8) is 0 Å². The fraction of sp³-hybridized carbons (Fsp3) is 0.438. The van der Waals surface area contributed by atoms with Crippen molar-refractivity contribution >= 4 is 11.6 Å². The van der Waals surface area contributed by atoms with Crippen LogP contribution in [-0.4, -0.2) is 44.9 Å². The highest BCUT2D eigenvalue weighted by Gasteiger charge is 2.37. The Bertz CT molecular complexity index is 1170. The first-order chi connectivity index (χ1) is 14.0. The Hall–Kier alpha value is -3.58. The molecule has 2 N–H and O–H groups in total. The van der Waals surface area contributed by atoms with Gasteiger partial charge in [-0.25, -0.2) is 9.97 Å². The Morgan fingerprint density at radius 3 is 2.57 bits per heavy atom. The van der Waals surface area contributed by atoms with Crippen molar-refractivity contribution in [1.29, 1.82) is 0 Å². The van der Waals surface area contributed by atoms with E-state index in [4.69, 9.17) is 4.52 Å². The number of fused-ring (bicyclic) bond motifs is 1. The monoisotopic (exact) mass is 422 g/mol. The molecule has 4 heterocycles. The topological polar surface area (TPSA) is 136 Å². The molecule has 4 rings (SSSR count). The van der Waals surface area contributed by atoms with E-state index in [0.29, 0.717) is 11.5 Å². The second kappa shape index (κ2) is 6.74. The van der Waals surface area contributed by atoms with Crippen LogP contribution in [0.1, 0.15) is 44.2 Å². The molecule has 0 fully saturated rings. The molecule has 0 spiro atoms. The summed E-state index contributed by atoms with van der Waals surface area (Å²) in [4.78, 5) is 15.8. The highest BCUT2D eigenvalue weighted by atomic mass is 19.4. The lowest BCUT2D eigenvalue weighted by Crippen LogP contribution is -2.27. The van der Waals surface area contributed by atoms with Crippen LogP contribution in [0.5, 0.6) is 0 Å². The molecule has 0 amide bonds. The number of nitrogens with zero attached hydrogens (tertiary/aromatic N) is 8. The zero-order chi connectivity index (χ0) is 21.7. The number of aromatic amines is 1. The van der Waals surface area contributed by atoms with E-state index < -0.39 is 23.5 Å². The van der Waals surface area contributed by atoms with Gasteiger partial charge in [0.2, 0.25) is 11.7 Å². The molecule has 4 aromatic heterocycles. The summed E-state index contributed by atoms with van der Waals surface area (Å²) in [6.45, 7) is 7.39. The van der Waals surface area contributed by atoms with Crippen LogP contribution in [0, 0.1) is 12.3 Å². The first-order valence-corrected chi connectivity index (χ1v) is 8.80. The summed E-state index contributed by atoms with van der Waals surface area (Å²) in [5.74, 6) is -0.458. The van der Waals surface area contributed by atoms with Crippen LogP contribution < -0.4 is 5.32 Å². The van der Waals surface area contributed by atoms with Gasteiger partial charge in [-0.05, 0) is 12.3 Å². The molecule has 1 atom stereocenters. The summed E-state index contributed by atoms with van der Waals surface area (Å²) in [6, 6.07) is 0.985. The highest BCUT2D eigenvalue weighted by molar-refractivity contribution is 5.47. The summed E-state index contributed by atoms with van der Waals surface area (Å²) in [7, 11) is 0. The molecule has 0 radical (unpaired) electrons. The molecular weight excluding hydrogens is 405 g/mol. The molecule has 0 saturated carbocycles. The molecule has 158 valence electrons. The lowest BCUT2D eigenvalue weighted by atomic mass is 9.86. The van der Waals surface area contributed by atoms with Crippen molar-refractivity contribution in [1.82, 2.24) is 44.9 Å². The van der Waals surface area contributed by atoms with Gasteiger partial charge in [0.25, 0.3) is 11.6 Å². The number of aromatic nitrogens is 9. The van der Waals surface area contributed by atoms with E-state index in [1.54, 1.807) is 13.0 Å². The Morgan fingerprint density at radius 1 is 1.17 bits per heavy atom. The molecule has 0 aromatic carbocycles. The van der Waals surface area contributed by atoms with Crippen molar-refractivity contribution < 1.29 is 17.7 Å². The third kappa shape index (κ3) is 3.67. The fourth-order valence-corrected chi connectivity index (χ4v) is 2.77. The van der Waals surface area contributed by atoms with Gasteiger partial charge in [0, 0.05) is 11.8 Å². The maximum absolute atomic E-state index is 13.1. The lowest BCUT2D eigenvalue weighted by molar-refractivity contribution is -0.144. The summed E-state index contributed by atoms with van der Waals surface area (Å²) in [5, 5.41) is 17.0. The van der Waals surface area contributed by atoms with Crippen molar-refractivity contribution in [2.45, 2.75) is 39.9 Å². The number of halogens is 3. The van der Waals surface area contributed by atoms with Gasteiger partial charge in [-0.1, -0.05) is 25.9 Å². The van der Waals surface area contributed by atoms with Gasteiger partial charge in [-0.3, -0.25) is 5.10 Å². The second-order valence-corrected chi connectivity index (χ2v) is 7.66. The smallest absolute Gasteiger partial charge is 0.358 e. The second-order valence-electron chi connectivity index (χ2n) is 7.66. The normalized spacial score (nSPS) is 13.7.